The van der Waals surface area contributed by atoms with E-state index in [-0.39, 0.29) is 24.0 Å². The first kappa shape index (κ1) is 22.7. The van der Waals surface area contributed by atoms with Crippen LogP contribution in [0.4, 0.5) is 10.5 Å². The number of aromatic carboxylic acids is 1. The molecule has 0 saturated heterocycles. The van der Waals surface area contributed by atoms with Crippen LogP contribution in [-0.2, 0) is 9.53 Å². The lowest BCUT2D eigenvalue weighted by Gasteiger charge is -2.20. The van der Waals surface area contributed by atoms with E-state index in [0.29, 0.717) is 18.0 Å². The molecule has 35 heavy (non-hydrogen) atoms. The molecule has 3 N–H and O–H groups in total. The van der Waals surface area contributed by atoms with Crippen LogP contribution >= 0.6 is 0 Å². The molecule has 0 bridgehead atoms. The molecule has 7 heteroatoms. The fourth-order valence-corrected chi connectivity index (χ4v) is 4.63. The molecule has 178 valence electrons. The number of hydrogen-bond acceptors (Lipinski definition) is 4. The summed E-state index contributed by atoms with van der Waals surface area (Å²) in [5.41, 5.74) is 5.15. The Morgan fingerprint density at radius 1 is 0.886 bits per heavy atom. The molecule has 2 aliphatic carbocycles. The predicted molar refractivity (Wildman–Crippen MR) is 131 cm³/mol. The fourth-order valence-electron chi connectivity index (χ4n) is 4.63. The van der Waals surface area contributed by atoms with E-state index in [0.717, 1.165) is 35.1 Å². The second-order valence-corrected chi connectivity index (χ2v) is 9.07. The number of carboxylic acid groups (broad SMARTS) is 1. The van der Waals surface area contributed by atoms with Crippen molar-refractivity contribution in [1.82, 2.24) is 5.32 Å². The van der Waals surface area contributed by atoms with Gasteiger partial charge in [0.2, 0.25) is 5.91 Å². The summed E-state index contributed by atoms with van der Waals surface area (Å²) in [5.74, 6) is -1.05. The third kappa shape index (κ3) is 5.04. The summed E-state index contributed by atoms with van der Waals surface area (Å²) in [4.78, 5) is 36.7. The SMILES string of the molecule is O=C(N[C@@H](CC1CC1)C(=O)Nc1ccc(C(=O)O)cc1)OCC1c2ccccc2-c2ccccc21. The number of anilines is 1. The second-order valence-electron chi connectivity index (χ2n) is 9.07. The molecule has 7 nitrogen and oxygen atoms in total. The summed E-state index contributed by atoms with van der Waals surface area (Å²) in [7, 11) is 0. The largest absolute Gasteiger partial charge is 0.478 e. The zero-order valence-corrected chi connectivity index (χ0v) is 19.1. The molecule has 0 spiro atoms. The van der Waals surface area contributed by atoms with Crippen LogP contribution in [-0.4, -0.2) is 35.7 Å². The predicted octanol–water partition coefficient (Wildman–Crippen LogP) is 5.03. The number of amides is 2. The topological polar surface area (TPSA) is 105 Å². The summed E-state index contributed by atoms with van der Waals surface area (Å²) >= 11 is 0. The highest BCUT2D eigenvalue weighted by Gasteiger charge is 2.32. The summed E-state index contributed by atoms with van der Waals surface area (Å²) in [6.45, 7) is 0.175. The van der Waals surface area contributed by atoms with Crippen LogP contribution in [0.2, 0.25) is 0 Å². The van der Waals surface area contributed by atoms with Crippen LogP contribution in [0, 0.1) is 5.92 Å². The quantitative estimate of drug-likeness (QED) is 0.428. The number of ether oxygens (including phenoxy) is 1. The van der Waals surface area contributed by atoms with Gasteiger partial charge in [-0.2, -0.15) is 0 Å². The van der Waals surface area contributed by atoms with Gasteiger partial charge < -0.3 is 20.5 Å². The van der Waals surface area contributed by atoms with E-state index in [2.05, 4.69) is 34.9 Å². The molecule has 3 aromatic carbocycles. The van der Waals surface area contributed by atoms with Crippen molar-refractivity contribution in [3.05, 3.63) is 89.5 Å². The van der Waals surface area contributed by atoms with E-state index in [1.165, 1.54) is 24.3 Å². The number of alkyl carbamates (subject to hydrolysis) is 1. The molecule has 0 radical (unpaired) electrons. The third-order valence-electron chi connectivity index (χ3n) is 6.62. The molecule has 1 atom stereocenters. The molecule has 1 saturated carbocycles. The van der Waals surface area contributed by atoms with Gasteiger partial charge >= 0.3 is 12.1 Å². The van der Waals surface area contributed by atoms with Crippen molar-refractivity contribution in [3.8, 4) is 11.1 Å². The van der Waals surface area contributed by atoms with E-state index < -0.39 is 18.1 Å². The molecular weight excluding hydrogens is 444 g/mol. The molecule has 2 amide bonds. The maximum absolute atomic E-state index is 12.9. The van der Waals surface area contributed by atoms with E-state index in [1.54, 1.807) is 0 Å². The average molecular weight is 471 g/mol. The molecule has 3 aromatic rings. The maximum atomic E-state index is 12.9. The Morgan fingerprint density at radius 2 is 1.49 bits per heavy atom. The number of benzene rings is 3. The number of hydrogen-bond donors (Lipinski definition) is 3. The Hall–Kier alpha value is -4.13. The zero-order chi connectivity index (χ0) is 24.4. The Morgan fingerprint density at radius 3 is 2.06 bits per heavy atom. The van der Waals surface area contributed by atoms with E-state index in [1.807, 2.05) is 24.3 Å². The normalized spacial score (nSPS) is 15.0. The fraction of sp³-hybridized carbons (Fsp3) is 0.250. The summed E-state index contributed by atoms with van der Waals surface area (Å²) < 4.78 is 5.62. The second kappa shape index (κ2) is 9.62. The molecule has 0 aromatic heterocycles. The van der Waals surface area contributed by atoms with Crippen molar-refractivity contribution in [2.24, 2.45) is 5.92 Å². The van der Waals surface area contributed by atoms with Gasteiger partial charge in [0.1, 0.15) is 12.6 Å². The van der Waals surface area contributed by atoms with Gasteiger partial charge in [-0.3, -0.25) is 4.79 Å². The van der Waals surface area contributed by atoms with Gasteiger partial charge in [0.25, 0.3) is 0 Å². The minimum absolute atomic E-state index is 0.0587. The molecule has 0 aliphatic heterocycles. The van der Waals surface area contributed by atoms with Crippen LogP contribution < -0.4 is 10.6 Å². The van der Waals surface area contributed by atoms with Crippen molar-refractivity contribution in [2.75, 3.05) is 11.9 Å². The number of carbonyl (C=O) groups excluding carboxylic acids is 2. The van der Waals surface area contributed by atoms with Crippen LogP contribution in [0.3, 0.4) is 0 Å². The summed E-state index contributed by atoms with van der Waals surface area (Å²) in [6.07, 6.45) is 1.96. The van der Waals surface area contributed by atoms with Crippen molar-refractivity contribution in [2.45, 2.75) is 31.2 Å². The first-order valence-electron chi connectivity index (χ1n) is 11.8. The van der Waals surface area contributed by atoms with Crippen molar-refractivity contribution in [3.63, 3.8) is 0 Å². The first-order chi connectivity index (χ1) is 17.0. The smallest absolute Gasteiger partial charge is 0.407 e. The summed E-state index contributed by atoms with van der Waals surface area (Å²) in [5, 5.41) is 14.6. The van der Waals surface area contributed by atoms with Crippen molar-refractivity contribution in [1.29, 1.82) is 0 Å². The van der Waals surface area contributed by atoms with E-state index in [9.17, 15) is 14.4 Å². The van der Waals surface area contributed by atoms with Crippen molar-refractivity contribution < 1.29 is 24.2 Å². The number of fused-ring (bicyclic) bond motifs is 3. The van der Waals surface area contributed by atoms with Gasteiger partial charge in [0, 0.05) is 11.6 Å². The standard InChI is InChI=1S/C28H26N2O5/c31-26(29-19-13-11-18(12-14-19)27(32)33)25(15-17-9-10-17)30-28(34)35-16-24-22-7-3-1-5-20(22)21-6-2-4-8-23(21)24/h1-8,11-14,17,24-25H,9-10,15-16H2,(H,29,31)(H,30,34)(H,32,33)/t25-/m0/s1. The number of rotatable bonds is 8. The summed E-state index contributed by atoms with van der Waals surface area (Å²) in [6, 6.07) is 21.4. The average Bonchev–Trinajstić information content (AvgIpc) is 3.63. The highest BCUT2D eigenvalue weighted by atomic mass is 16.5. The first-order valence-corrected chi connectivity index (χ1v) is 11.8. The van der Waals surface area contributed by atoms with E-state index >= 15 is 0 Å². The molecule has 0 heterocycles. The van der Waals surface area contributed by atoms with Gasteiger partial charge in [-0.25, -0.2) is 9.59 Å². The Kier molecular flexibility index (Phi) is 6.23. The molecule has 1 fully saturated rings. The van der Waals surface area contributed by atoms with Gasteiger partial charge in [-0.1, -0.05) is 61.4 Å². The van der Waals surface area contributed by atoms with Gasteiger partial charge in [-0.05, 0) is 58.9 Å². The van der Waals surface area contributed by atoms with Crippen molar-refractivity contribution >= 4 is 23.7 Å². The van der Waals surface area contributed by atoms with Crippen LogP contribution in [0.15, 0.2) is 72.8 Å². The van der Waals surface area contributed by atoms with E-state index in [4.69, 9.17) is 9.84 Å². The minimum Gasteiger partial charge on any atom is -0.478 e. The van der Waals surface area contributed by atoms with Gasteiger partial charge in [0.15, 0.2) is 0 Å². The number of nitrogens with one attached hydrogen (secondary N) is 2. The van der Waals surface area contributed by atoms with Crippen LogP contribution in [0.1, 0.15) is 46.7 Å². The number of carbonyl (C=O) groups is 3. The molecule has 5 rings (SSSR count). The highest BCUT2D eigenvalue weighted by molar-refractivity contribution is 5.97. The zero-order valence-electron chi connectivity index (χ0n) is 19.1. The number of carboxylic acids is 1. The Bertz CT molecular complexity index is 1220. The van der Waals surface area contributed by atoms with Gasteiger partial charge in [0.05, 0.1) is 5.56 Å². The minimum atomic E-state index is -1.04. The third-order valence-corrected chi connectivity index (χ3v) is 6.62. The molecule has 0 unspecified atom stereocenters. The lowest BCUT2D eigenvalue weighted by Crippen LogP contribution is -2.44. The van der Waals surface area contributed by atoms with Crippen LogP contribution in [0.5, 0.6) is 0 Å². The highest BCUT2D eigenvalue weighted by Crippen LogP contribution is 2.44. The van der Waals surface area contributed by atoms with Crippen LogP contribution in [0.25, 0.3) is 11.1 Å². The lowest BCUT2D eigenvalue weighted by atomic mass is 9.98. The van der Waals surface area contributed by atoms with Gasteiger partial charge in [-0.15, -0.1) is 0 Å². The Labute approximate surface area is 203 Å². The maximum Gasteiger partial charge on any atom is 0.407 e. The Balaban J connectivity index is 1.23. The molecular formula is C28H26N2O5. The lowest BCUT2D eigenvalue weighted by molar-refractivity contribution is -0.118. The molecule has 2 aliphatic rings. The monoisotopic (exact) mass is 470 g/mol.